The lowest BCUT2D eigenvalue weighted by Crippen LogP contribution is -2.08. The van der Waals surface area contributed by atoms with Crippen LogP contribution in [0.5, 0.6) is 0 Å². The Bertz CT molecular complexity index is 1430. The molecule has 5 aromatic rings. The summed E-state index contributed by atoms with van der Waals surface area (Å²) < 4.78 is 42.3. The summed E-state index contributed by atoms with van der Waals surface area (Å²) in [6.07, 6.45) is 0.397. The topological polar surface area (TPSA) is 71.4 Å². The molecule has 6 nitrogen and oxygen atoms in total. The second-order valence-electron chi connectivity index (χ2n) is 7.44. The number of aryl methyl sites for hydroxylation is 2. The van der Waals surface area contributed by atoms with Gasteiger partial charge in [-0.1, -0.05) is 0 Å². The van der Waals surface area contributed by atoms with E-state index in [2.05, 4.69) is 25.3 Å². The molecule has 0 saturated heterocycles. The Balaban J connectivity index is 1.60. The summed E-state index contributed by atoms with van der Waals surface area (Å²) in [6, 6.07) is 7.64. The number of fused-ring (bicyclic) bond motifs is 1. The highest BCUT2D eigenvalue weighted by atomic mass is 32.1. The fourth-order valence-corrected chi connectivity index (χ4v) is 4.33. The Morgan fingerprint density at radius 1 is 1.09 bits per heavy atom. The molecule has 0 bridgehead atoms. The van der Waals surface area contributed by atoms with Crippen LogP contribution >= 0.6 is 11.3 Å². The van der Waals surface area contributed by atoms with Crippen molar-refractivity contribution in [2.45, 2.75) is 20.0 Å². The molecule has 0 spiro atoms. The van der Waals surface area contributed by atoms with E-state index in [9.17, 15) is 13.2 Å². The van der Waals surface area contributed by atoms with Crippen LogP contribution in [-0.4, -0.2) is 24.5 Å². The maximum atomic E-state index is 13.6. The maximum Gasteiger partial charge on any atom is 0.416 e. The van der Waals surface area contributed by atoms with Crippen molar-refractivity contribution in [2.24, 2.45) is 0 Å². The molecule has 0 aliphatic rings. The van der Waals surface area contributed by atoms with Gasteiger partial charge in [0.1, 0.15) is 5.65 Å². The van der Waals surface area contributed by atoms with Crippen molar-refractivity contribution < 1.29 is 13.2 Å². The zero-order valence-electron chi connectivity index (χ0n) is 17.0. The van der Waals surface area contributed by atoms with E-state index in [1.807, 2.05) is 24.4 Å². The molecule has 5 rings (SSSR count). The van der Waals surface area contributed by atoms with Crippen molar-refractivity contribution in [3.05, 3.63) is 71.3 Å². The molecule has 0 aliphatic carbocycles. The van der Waals surface area contributed by atoms with Crippen LogP contribution in [-0.2, 0) is 6.18 Å². The number of benzene rings is 1. The van der Waals surface area contributed by atoms with Crippen LogP contribution in [0.4, 0.5) is 24.8 Å². The average Bonchev–Trinajstić information content (AvgIpc) is 3.47. The quantitative estimate of drug-likeness (QED) is 0.337. The fraction of sp³-hybridized carbons (Fsp3) is 0.136. The number of rotatable bonds is 4. The number of nitrogens with zero attached hydrogens (tertiary/aromatic N) is 4. The van der Waals surface area contributed by atoms with Crippen LogP contribution in [0, 0.1) is 13.8 Å². The van der Waals surface area contributed by atoms with E-state index in [4.69, 9.17) is 0 Å². The molecule has 0 fully saturated rings. The van der Waals surface area contributed by atoms with Gasteiger partial charge in [0.15, 0.2) is 0 Å². The van der Waals surface area contributed by atoms with Crippen molar-refractivity contribution in [1.82, 2.24) is 24.5 Å². The smallest absolute Gasteiger partial charge is 0.346 e. The number of H-pyrrole nitrogens is 1. The van der Waals surface area contributed by atoms with Crippen LogP contribution < -0.4 is 5.32 Å². The van der Waals surface area contributed by atoms with Gasteiger partial charge in [-0.3, -0.25) is 0 Å². The molecule has 4 aromatic heterocycles. The van der Waals surface area contributed by atoms with Crippen molar-refractivity contribution in [2.75, 3.05) is 5.32 Å². The number of aromatic nitrogens is 5. The van der Waals surface area contributed by atoms with Crippen LogP contribution in [0.15, 0.2) is 54.4 Å². The molecule has 0 radical (unpaired) electrons. The number of hydrogen-bond acceptors (Lipinski definition) is 5. The highest BCUT2D eigenvalue weighted by Crippen LogP contribution is 2.35. The monoisotopic (exact) mass is 454 g/mol. The van der Waals surface area contributed by atoms with E-state index < -0.39 is 11.7 Å². The first-order valence-corrected chi connectivity index (χ1v) is 10.6. The normalized spacial score (nSPS) is 11.9. The molecule has 32 heavy (non-hydrogen) atoms. The third-order valence-corrected chi connectivity index (χ3v) is 5.95. The molecular weight excluding hydrogens is 437 g/mol. The van der Waals surface area contributed by atoms with Gasteiger partial charge in [-0.25, -0.2) is 9.97 Å². The van der Waals surface area contributed by atoms with E-state index in [1.54, 1.807) is 41.3 Å². The Hall–Kier alpha value is -3.66. The number of halogens is 3. The van der Waals surface area contributed by atoms with Crippen LogP contribution in [0.2, 0.25) is 0 Å². The van der Waals surface area contributed by atoms with Gasteiger partial charge in [-0.15, -0.1) is 11.3 Å². The third-order valence-electron chi connectivity index (χ3n) is 4.89. The highest BCUT2D eigenvalue weighted by molar-refractivity contribution is 7.13. The molecule has 162 valence electrons. The van der Waals surface area contributed by atoms with Gasteiger partial charge in [0, 0.05) is 29.2 Å². The minimum atomic E-state index is -4.51. The minimum absolute atomic E-state index is 0.202. The van der Waals surface area contributed by atoms with Crippen molar-refractivity contribution in [3.63, 3.8) is 0 Å². The Morgan fingerprint density at radius 2 is 1.94 bits per heavy atom. The summed E-state index contributed by atoms with van der Waals surface area (Å²) in [4.78, 5) is 17.2. The van der Waals surface area contributed by atoms with Crippen LogP contribution in [0.1, 0.15) is 16.8 Å². The molecule has 2 N–H and O–H groups in total. The van der Waals surface area contributed by atoms with Gasteiger partial charge in [0.05, 0.1) is 28.2 Å². The lowest BCUT2D eigenvalue weighted by Gasteiger charge is -2.14. The van der Waals surface area contributed by atoms with Crippen molar-refractivity contribution in [1.29, 1.82) is 0 Å². The Morgan fingerprint density at radius 3 is 2.62 bits per heavy atom. The summed E-state index contributed by atoms with van der Waals surface area (Å²) in [5.41, 5.74) is 2.90. The standard InChI is InChI=1S/C22H17F3N6S/c1-12-5-18(32-10-12)19-17-3-4-26-20(17)30-21(29-19)28-15-6-14(22(23,24)25)7-16(8-15)31-9-13(2)27-11-31/h3-11H,1-2H3,(H2,26,28,29,30). The number of thiophene rings is 1. The van der Waals surface area contributed by atoms with Gasteiger partial charge in [-0.05, 0) is 55.1 Å². The first-order valence-electron chi connectivity index (χ1n) is 9.67. The van der Waals surface area contributed by atoms with E-state index in [0.717, 1.165) is 28.0 Å². The third kappa shape index (κ3) is 3.84. The number of alkyl halides is 3. The molecule has 0 saturated carbocycles. The SMILES string of the molecule is Cc1csc(-c2nc(Nc3cc(-n4cnc(C)c4)cc(C(F)(F)F)c3)nc3[nH]ccc23)c1. The van der Waals surface area contributed by atoms with Gasteiger partial charge < -0.3 is 14.9 Å². The summed E-state index contributed by atoms with van der Waals surface area (Å²) in [5, 5.41) is 5.83. The predicted octanol–water partition coefficient (Wildman–Crippen LogP) is 6.25. The summed E-state index contributed by atoms with van der Waals surface area (Å²) >= 11 is 1.55. The second-order valence-corrected chi connectivity index (χ2v) is 8.35. The zero-order chi connectivity index (χ0) is 22.5. The van der Waals surface area contributed by atoms with Crippen molar-refractivity contribution >= 4 is 34.0 Å². The highest BCUT2D eigenvalue weighted by Gasteiger charge is 2.31. The molecule has 4 heterocycles. The predicted molar refractivity (Wildman–Crippen MR) is 119 cm³/mol. The fourth-order valence-electron chi connectivity index (χ4n) is 3.43. The van der Waals surface area contributed by atoms with E-state index in [0.29, 0.717) is 22.7 Å². The van der Waals surface area contributed by atoms with E-state index in [-0.39, 0.29) is 11.6 Å². The van der Waals surface area contributed by atoms with Gasteiger partial charge >= 0.3 is 6.18 Å². The Labute approximate surface area is 184 Å². The van der Waals surface area contributed by atoms with E-state index >= 15 is 0 Å². The Kier molecular flexibility index (Phi) is 4.74. The summed E-state index contributed by atoms with van der Waals surface area (Å²) in [5.74, 6) is 0.202. The maximum absolute atomic E-state index is 13.6. The summed E-state index contributed by atoms with van der Waals surface area (Å²) in [7, 11) is 0. The first kappa shape index (κ1) is 20.3. The molecule has 0 unspecified atom stereocenters. The first-order chi connectivity index (χ1) is 15.3. The zero-order valence-corrected chi connectivity index (χ0v) is 17.8. The van der Waals surface area contributed by atoms with Crippen molar-refractivity contribution in [3.8, 4) is 16.3 Å². The van der Waals surface area contributed by atoms with E-state index in [1.165, 1.54) is 6.33 Å². The number of anilines is 2. The number of nitrogens with one attached hydrogen (secondary N) is 2. The largest absolute Gasteiger partial charge is 0.416 e. The molecular formula is C22H17F3N6S. The summed E-state index contributed by atoms with van der Waals surface area (Å²) in [6.45, 7) is 3.77. The average molecular weight is 454 g/mol. The second kappa shape index (κ2) is 7.49. The molecule has 0 amide bonds. The van der Waals surface area contributed by atoms with Gasteiger partial charge in [0.2, 0.25) is 5.95 Å². The molecule has 0 atom stereocenters. The van der Waals surface area contributed by atoms with Gasteiger partial charge in [-0.2, -0.15) is 18.2 Å². The number of imidazole rings is 1. The lowest BCUT2D eigenvalue weighted by atomic mass is 10.1. The van der Waals surface area contributed by atoms with Crippen LogP contribution in [0.3, 0.4) is 0 Å². The molecule has 10 heteroatoms. The molecule has 0 aliphatic heterocycles. The number of aromatic amines is 1. The number of hydrogen-bond donors (Lipinski definition) is 2. The lowest BCUT2D eigenvalue weighted by molar-refractivity contribution is -0.137. The molecule has 1 aromatic carbocycles. The van der Waals surface area contributed by atoms with Crippen LogP contribution in [0.25, 0.3) is 27.3 Å². The minimum Gasteiger partial charge on any atom is -0.346 e. The van der Waals surface area contributed by atoms with Gasteiger partial charge in [0.25, 0.3) is 0 Å².